The van der Waals surface area contributed by atoms with Crippen LogP contribution in [0.25, 0.3) is 0 Å². The normalized spacial score (nSPS) is 12.6. The van der Waals surface area contributed by atoms with Crippen molar-refractivity contribution in [2.75, 3.05) is 6.54 Å². The van der Waals surface area contributed by atoms with E-state index in [1.165, 1.54) is 36.8 Å². The lowest BCUT2D eigenvalue weighted by molar-refractivity contribution is -0.122. The van der Waals surface area contributed by atoms with Crippen molar-refractivity contribution in [3.8, 4) is 0 Å². The second kappa shape index (κ2) is 8.99. The Labute approximate surface area is 153 Å². The first-order valence-corrected chi connectivity index (χ1v) is 9.84. The van der Waals surface area contributed by atoms with Crippen molar-refractivity contribution in [2.45, 2.75) is 30.7 Å². The minimum absolute atomic E-state index is 0.0700. The highest BCUT2D eigenvalue weighted by atomic mass is 35.5. The van der Waals surface area contributed by atoms with E-state index in [-0.39, 0.29) is 10.8 Å². The Morgan fingerprint density at radius 2 is 1.72 bits per heavy atom. The summed E-state index contributed by atoms with van der Waals surface area (Å²) in [5.41, 5.74) is 1.20. The molecule has 2 rings (SSSR count). The van der Waals surface area contributed by atoms with Crippen molar-refractivity contribution >= 4 is 27.5 Å². The number of carbonyl (C=O) groups is 1. The number of benzene rings is 2. The number of amides is 1. The molecule has 0 aliphatic rings. The Kier molecular flexibility index (Phi) is 6.99. The molecule has 5 nitrogen and oxygen atoms in total. The predicted octanol–water partition coefficient (Wildman–Crippen LogP) is 2.76. The van der Waals surface area contributed by atoms with Crippen LogP contribution in [0.15, 0.2) is 59.5 Å². The lowest BCUT2D eigenvalue weighted by Gasteiger charge is -2.14. The molecule has 0 aromatic heterocycles. The third kappa shape index (κ3) is 6.16. The van der Waals surface area contributed by atoms with Gasteiger partial charge in [0.2, 0.25) is 15.9 Å². The molecule has 0 spiro atoms. The molecule has 2 N–H and O–H groups in total. The van der Waals surface area contributed by atoms with Gasteiger partial charge in [0.1, 0.15) is 0 Å². The SMILES string of the molecule is CC(NS(=O)(=O)c1ccc(Cl)cc1)C(=O)NCCCc1ccccc1. The maximum atomic E-state index is 12.2. The van der Waals surface area contributed by atoms with Gasteiger partial charge >= 0.3 is 0 Å². The van der Waals surface area contributed by atoms with Crippen LogP contribution in [0.1, 0.15) is 18.9 Å². The molecule has 134 valence electrons. The van der Waals surface area contributed by atoms with Crippen LogP contribution in [0.2, 0.25) is 5.02 Å². The minimum atomic E-state index is -3.76. The lowest BCUT2D eigenvalue weighted by Crippen LogP contribution is -2.45. The van der Waals surface area contributed by atoms with E-state index in [2.05, 4.69) is 10.0 Å². The van der Waals surface area contributed by atoms with Gasteiger partial charge in [0.05, 0.1) is 10.9 Å². The molecule has 1 amide bonds. The molecular formula is C18H21ClN2O3S. The van der Waals surface area contributed by atoms with Crippen molar-refractivity contribution in [1.29, 1.82) is 0 Å². The number of aryl methyl sites for hydroxylation is 1. The van der Waals surface area contributed by atoms with Crippen LogP contribution in [0.5, 0.6) is 0 Å². The van der Waals surface area contributed by atoms with Gasteiger partial charge in [-0.2, -0.15) is 4.72 Å². The minimum Gasteiger partial charge on any atom is -0.355 e. The van der Waals surface area contributed by atoms with Crippen LogP contribution < -0.4 is 10.0 Å². The van der Waals surface area contributed by atoms with Gasteiger partial charge in [-0.3, -0.25) is 4.79 Å². The van der Waals surface area contributed by atoms with Crippen LogP contribution in [-0.2, 0) is 21.2 Å². The van der Waals surface area contributed by atoms with Crippen LogP contribution in [0.3, 0.4) is 0 Å². The highest BCUT2D eigenvalue weighted by Gasteiger charge is 2.21. The standard InChI is InChI=1S/C18H21ClN2O3S/c1-14(21-25(23,24)17-11-9-16(19)10-12-17)18(22)20-13-5-8-15-6-3-2-4-7-15/h2-4,6-7,9-12,14,21H,5,8,13H2,1H3,(H,20,22). The van der Waals surface area contributed by atoms with E-state index in [4.69, 9.17) is 11.6 Å². The lowest BCUT2D eigenvalue weighted by atomic mass is 10.1. The molecule has 0 aliphatic carbocycles. The molecule has 0 bridgehead atoms. The first kappa shape index (κ1) is 19.4. The predicted molar refractivity (Wildman–Crippen MR) is 99.0 cm³/mol. The quantitative estimate of drug-likeness (QED) is 0.691. The summed E-state index contributed by atoms with van der Waals surface area (Å²) < 4.78 is 26.8. The van der Waals surface area contributed by atoms with Gasteiger partial charge in [0, 0.05) is 11.6 Å². The van der Waals surface area contributed by atoms with Crippen molar-refractivity contribution in [3.63, 3.8) is 0 Å². The molecule has 0 radical (unpaired) electrons. The van der Waals surface area contributed by atoms with E-state index in [1.807, 2.05) is 30.3 Å². The Hall–Kier alpha value is -1.89. The summed E-state index contributed by atoms with van der Waals surface area (Å²) in [6.45, 7) is 2.00. The monoisotopic (exact) mass is 380 g/mol. The molecule has 1 atom stereocenters. The number of nitrogens with one attached hydrogen (secondary N) is 2. The summed E-state index contributed by atoms with van der Waals surface area (Å²) in [6.07, 6.45) is 1.64. The maximum Gasteiger partial charge on any atom is 0.241 e. The molecule has 0 fully saturated rings. The zero-order chi connectivity index (χ0) is 18.3. The molecule has 0 saturated carbocycles. The molecule has 1 unspecified atom stereocenters. The van der Waals surface area contributed by atoms with Gasteiger partial charge in [-0.1, -0.05) is 41.9 Å². The Bertz CT molecular complexity index is 793. The fourth-order valence-corrected chi connectivity index (χ4v) is 3.60. The highest BCUT2D eigenvalue weighted by molar-refractivity contribution is 7.89. The summed E-state index contributed by atoms with van der Waals surface area (Å²) >= 11 is 5.75. The van der Waals surface area contributed by atoms with E-state index in [0.717, 1.165) is 12.8 Å². The summed E-state index contributed by atoms with van der Waals surface area (Å²) in [6, 6.07) is 14.9. The van der Waals surface area contributed by atoms with E-state index in [9.17, 15) is 13.2 Å². The van der Waals surface area contributed by atoms with Crippen molar-refractivity contribution in [2.24, 2.45) is 0 Å². The Morgan fingerprint density at radius 1 is 1.08 bits per heavy atom. The van der Waals surface area contributed by atoms with Gasteiger partial charge in [-0.15, -0.1) is 0 Å². The number of rotatable bonds is 8. The third-order valence-electron chi connectivity index (χ3n) is 3.63. The van der Waals surface area contributed by atoms with E-state index >= 15 is 0 Å². The average Bonchev–Trinajstić information content (AvgIpc) is 2.59. The number of sulfonamides is 1. The first-order chi connectivity index (χ1) is 11.9. The molecule has 0 aliphatic heterocycles. The molecule has 25 heavy (non-hydrogen) atoms. The topological polar surface area (TPSA) is 75.3 Å². The third-order valence-corrected chi connectivity index (χ3v) is 5.44. The van der Waals surface area contributed by atoms with E-state index in [1.54, 1.807) is 0 Å². The fraction of sp³-hybridized carbons (Fsp3) is 0.278. The molecule has 0 saturated heterocycles. The summed E-state index contributed by atoms with van der Waals surface area (Å²) in [5, 5.41) is 3.20. The van der Waals surface area contributed by atoms with Crippen molar-refractivity contribution in [3.05, 3.63) is 65.2 Å². The van der Waals surface area contributed by atoms with Crippen molar-refractivity contribution < 1.29 is 13.2 Å². The number of carbonyl (C=O) groups excluding carboxylic acids is 1. The smallest absolute Gasteiger partial charge is 0.241 e. The molecule has 7 heteroatoms. The van der Waals surface area contributed by atoms with Gasteiger partial charge in [-0.05, 0) is 49.6 Å². The van der Waals surface area contributed by atoms with Crippen LogP contribution in [0.4, 0.5) is 0 Å². The average molecular weight is 381 g/mol. The summed E-state index contributed by atoms with van der Waals surface area (Å²) in [5.74, 6) is -0.356. The van der Waals surface area contributed by atoms with Gasteiger partial charge in [0.25, 0.3) is 0 Å². The van der Waals surface area contributed by atoms with Crippen LogP contribution >= 0.6 is 11.6 Å². The van der Waals surface area contributed by atoms with Crippen LogP contribution in [0, 0.1) is 0 Å². The number of halogens is 1. The largest absolute Gasteiger partial charge is 0.355 e. The Morgan fingerprint density at radius 3 is 2.36 bits per heavy atom. The Balaban J connectivity index is 1.80. The number of hydrogen-bond acceptors (Lipinski definition) is 3. The zero-order valence-electron chi connectivity index (χ0n) is 13.9. The molecule has 0 heterocycles. The fourth-order valence-electron chi connectivity index (χ4n) is 2.27. The first-order valence-electron chi connectivity index (χ1n) is 7.98. The molecule has 2 aromatic carbocycles. The van der Waals surface area contributed by atoms with Crippen LogP contribution in [-0.4, -0.2) is 26.9 Å². The highest BCUT2D eigenvalue weighted by Crippen LogP contribution is 2.14. The van der Waals surface area contributed by atoms with Gasteiger partial charge < -0.3 is 5.32 Å². The molecular weight excluding hydrogens is 360 g/mol. The summed E-state index contributed by atoms with van der Waals surface area (Å²) in [4.78, 5) is 12.1. The zero-order valence-corrected chi connectivity index (χ0v) is 15.5. The maximum absolute atomic E-state index is 12.2. The second-order valence-corrected chi connectivity index (χ2v) is 7.83. The number of hydrogen-bond donors (Lipinski definition) is 2. The second-order valence-electron chi connectivity index (χ2n) is 5.68. The van der Waals surface area contributed by atoms with Crippen molar-refractivity contribution in [1.82, 2.24) is 10.0 Å². The van der Waals surface area contributed by atoms with Gasteiger partial charge in [0.15, 0.2) is 0 Å². The summed E-state index contributed by atoms with van der Waals surface area (Å²) in [7, 11) is -3.76. The van der Waals surface area contributed by atoms with Gasteiger partial charge in [-0.25, -0.2) is 8.42 Å². The van der Waals surface area contributed by atoms with E-state index < -0.39 is 16.1 Å². The van der Waals surface area contributed by atoms with E-state index in [0.29, 0.717) is 11.6 Å². The molecule has 2 aromatic rings.